The summed E-state index contributed by atoms with van der Waals surface area (Å²) in [4.78, 5) is 4.49. The Bertz CT molecular complexity index is 851. The molecule has 0 bridgehead atoms. The molecule has 0 saturated heterocycles. The zero-order chi connectivity index (χ0) is 17.3. The van der Waals surface area contributed by atoms with Crippen LogP contribution in [-0.2, 0) is 14.8 Å². The molecule has 7 heteroatoms. The van der Waals surface area contributed by atoms with Crippen LogP contribution in [0.15, 0.2) is 41.3 Å². The van der Waals surface area contributed by atoms with Gasteiger partial charge in [0.15, 0.2) is 0 Å². The Morgan fingerprint density at radius 1 is 1.29 bits per heavy atom. The Balaban J connectivity index is 1.84. The molecular formula is C17H19ClN2O3S. The minimum absolute atomic E-state index is 0.0242. The Hall–Kier alpha value is -1.63. The minimum Gasteiger partial charge on any atom is -0.376 e. The second kappa shape index (κ2) is 6.70. The number of methoxy groups -OCH3 is 1. The first-order valence-electron chi connectivity index (χ1n) is 7.69. The molecule has 5 nitrogen and oxygen atoms in total. The average Bonchev–Trinajstić information content (AvgIpc) is 3.34. The van der Waals surface area contributed by atoms with Crippen molar-refractivity contribution in [1.82, 2.24) is 4.98 Å². The molecule has 1 N–H and O–H groups in total. The van der Waals surface area contributed by atoms with Gasteiger partial charge in [0.1, 0.15) is 5.82 Å². The molecule has 1 heterocycles. The highest BCUT2D eigenvalue weighted by Crippen LogP contribution is 2.43. The third kappa shape index (κ3) is 3.71. The number of anilines is 1. The maximum atomic E-state index is 12.4. The number of nitrogens with one attached hydrogen (secondary N) is 1. The van der Waals surface area contributed by atoms with Gasteiger partial charge in [-0.25, -0.2) is 13.4 Å². The highest BCUT2D eigenvalue weighted by molar-refractivity contribution is 7.92. The number of rotatable bonds is 6. The summed E-state index contributed by atoms with van der Waals surface area (Å²) >= 11 is 5.86. The molecule has 1 fully saturated rings. The number of pyridine rings is 1. The summed E-state index contributed by atoms with van der Waals surface area (Å²) in [5.74, 6) is 0.811. The molecule has 1 aliphatic carbocycles. The van der Waals surface area contributed by atoms with E-state index in [0.29, 0.717) is 10.9 Å². The lowest BCUT2D eigenvalue weighted by Gasteiger charge is -2.17. The number of benzene rings is 1. The highest BCUT2D eigenvalue weighted by atomic mass is 35.5. The standard InChI is InChI=1S/C17H19ClN2O3S/c1-11-15(17(23-2)12-6-7-12)8-9-16(19-11)20-24(21,22)14-5-3-4-13(18)10-14/h3-5,8-10,12,17H,6-7H2,1-2H3,(H,19,20). The van der Waals surface area contributed by atoms with E-state index in [-0.39, 0.29) is 16.8 Å². The van der Waals surface area contributed by atoms with Gasteiger partial charge in [0.05, 0.1) is 11.0 Å². The van der Waals surface area contributed by atoms with Crippen LogP contribution in [-0.4, -0.2) is 20.5 Å². The molecule has 128 valence electrons. The van der Waals surface area contributed by atoms with Gasteiger partial charge in [-0.2, -0.15) is 0 Å². The van der Waals surface area contributed by atoms with Crippen LogP contribution < -0.4 is 4.72 Å². The van der Waals surface area contributed by atoms with Crippen molar-refractivity contribution in [1.29, 1.82) is 0 Å². The van der Waals surface area contributed by atoms with Crippen molar-refractivity contribution in [2.45, 2.75) is 30.8 Å². The lowest BCUT2D eigenvalue weighted by Crippen LogP contribution is -2.15. The molecule has 0 spiro atoms. The van der Waals surface area contributed by atoms with Gasteiger partial charge in [-0.1, -0.05) is 23.7 Å². The van der Waals surface area contributed by atoms with Crippen LogP contribution in [0.1, 0.15) is 30.2 Å². The molecule has 3 rings (SSSR count). The Labute approximate surface area is 147 Å². The van der Waals surface area contributed by atoms with Gasteiger partial charge in [-0.3, -0.25) is 4.72 Å². The van der Waals surface area contributed by atoms with E-state index < -0.39 is 10.0 Å². The zero-order valence-corrected chi connectivity index (χ0v) is 15.1. The van der Waals surface area contributed by atoms with E-state index in [1.54, 1.807) is 25.3 Å². The molecule has 1 aromatic carbocycles. The van der Waals surface area contributed by atoms with E-state index in [2.05, 4.69) is 9.71 Å². The fourth-order valence-electron chi connectivity index (χ4n) is 2.73. The quantitative estimate of drug-likeness (QED) is 0.840. The van der Waals surface area contributed by atoms with Gasteiger partial charge in [0, 0.05) is 23.4 Å². The number of sulfonamides is 1. The molecular weight excluding hydrogens is 348 g/mol. The topological polar surface area (TPSA) is 68.3 Å². The summed E-state index contributed by atoms with van der Waals surface area (Å²) in [6.07, 6.45) is 2.33. The number of hydrogen-bond acceptors (Lipinski definition) is 4. The third-order valence-electron chi connectivity index (χ3n) is 4.08. The number of halogens is 1. The normalized spacial score (nSPS) is 16.0. The largest absolute Gasteiger partial charge is 0.376 e. The van der Waals surface area contributed by atoms with E-state index >= 15 is 0 Å². The summed E-state index contributed by atoms with van der Waals surface area (Å²) in [6.45, 7) is 1.86. The van der Waals surface area contributed by atoms with Gasteiger partial charge < -0.3 is 4.74 Å². The number of nitrogens with zero attached hydrogens (tertiary/aromatic N) is 1. The maximum absolute atomic E-state index is 12.4. The van der Waals surface area contributed by atoms with Gasteiger partial charge in [-0.15, -0.1) is 0 Å². The molecule has 1 aliphatic rings. The maximum Gasteiger partial charge on any atom is 0.263 e. The van der Waals surface area contributed by atoms with Crippen molar-refractivity contribution in [2.75, 3.05) is 11.8 Å². The summed E-state index contributed by atoms with van der Waals surface area (Å²) in [5, 5.41) is 0.365. The molecule has 1 atom stereocenters. The van der Waals surface area contributed by atoms with Gasteiger partial charge >= 0.3 is 0 Å². The van der Waals surface area contributed by atoms with Gasteiger partial charge in [-0.05, 0) is 49.9 Å². The van der Waals surface area contributed by atoms with Crippen LogP contribution in [0.5, 0.6) is 0 Å². The second-order valence-electron chi connectivity index (χ2n) is 5.93. The van der Waals surface area contributed by atoms with Crippen molar-refractivity contribution < 1.29 is 13.2 Å². The molecule has 0 amide bonds. The van der Waals surface area contributed by atoms with E-state index in [1.165, 1.54) is 12.1 Å². The predicted octanol–water partition coefficient (Wildman–Crippen LogP) is 3.94. The summed E-state index contributed by atoms with van der Waals surface area (Å²) in [7, 11) is -2.03. The highest BCUT2D eigenvalue weighted by Gasteiger charge is 2.33. The van der Waals surface area contributed by atoms with Crippen molar-refractivity contribution in [3.8, 4) is 0 Å². The van der Waals surface area contributed by atoms with Crippen molar-refractivity contribution in [3.63, 3.8) is 0 Å². The first-order valence-corrected chi connectivity index (χ1v) is 9.55. The second-order valence-corrected chi connectivity index (χ2v) is 8.05. The van der Waals surface area contributed by atoms with E-state index in [0.717, 1.165) is 24.1 Å². The van der Waals surface area contributed by atoms with Gasteiger partial charge in [0.25, 0.3) is 10.0 Å². The van der Waals surface area contributed by atoms with Crippen LogP contribution in [0.25, 0.3) is 0 Å². The van der Waals surface area contributed by atoms with Gasteiger partial charge in [0.2, 0.25) is 0 Å². The van der Waals surface area contributed by atoms with E-state index in [9.17, 15) is 8.42 Å². The molecule has 0 aliphatic heterocycles. The number of hydrogen-bond donors (Lipinski definition) is 1. The Morgan fingerprint density at radius 3 is 2.62 bits per heavy atom. The smallest absolute Gasteiger partial charge is 0.263 e. The SMILES string of the molecule is COC(c1ccc(NS(=O)(=O)c2cccc(Cl)c2)nc1C)C1CC1. The third-order valence-corrected chi connectivity index (χ3v) is 5.67. The molecule has 1 saturated carbocycles. The molecule has 2 aromatic rings. The van der Waals surface area contributed by atoms with Crippen molar-refractivity contribution in [3.05, 3.63) is 52.7 Å². The first-order chi connectivity index (χ1) is 11.4. The lowest BCUT2D eigenvalue weighted by molar-refractivity contribution is 0.0838. The number of aromatic nitrogens is 1. The number of aryl methyl sites for hydroxylation is 1. The number of ether oxygens (including phenoxy) is 1. The average molecular weight is 367 g/mol. The molecule has 1 unspecified atom stereocenters. The Morgan fingerprint density at radius 2 is 2.04 bits per heavy atom. The fourth-order valence-corrected chi connectivity index (χ4v) is 4.03. The first kappa shape index (κ1) is 17.2. The molecule has 24 heavy (non-hydrogen) atoms. The van der Waals surface area contributed by atoms with E-state index in [1.807, 2.05) is 13.0 Å². The van der Waals surface area contributed by atoms with Crippen molar-refractivity contribution >= 4 is 27.4 Å². The zero-order valence-electron chi connectivity index (χ0n) is 13.5. The summed E-state index contributed by atoms with van der Waals surface area (Å²) in [5.41, 5.74) is 1.77. The van der Waals surface area contributed by atoms with E-state index in [4.69, 9.17) is 16.3 Å². The van der Waals surface area contributed by atoms with Crippen LogP contribution >= 0.6 is 11.6 Å². The lowest BCUT2D eigenvalue weighted by atomic mass is 10.0. The fraction of sp³-hybridized carbons (Fsp3) is 0.353. The summed E-state index contributed by atoms with van der Waals surface area (Å²) in [6, 6.07) is 9.66. The molecule has 0 radical (unpaired) electrons. The predicted molar refractivity (Wildman–Crippen MR) is 93.7 cm³/mol. The van der Waals surface area contributed by atoms with Crippen LogP contribution in [0.4, 0.5) is 5.82 Å². The minimum atomic E-state index is -3.72. The summed E-state index contributed by atoms with van der Waals surface area (Å²) < 4.78 is 32.9. The van der Waals surface area contributed by atoms with Crippen LogP contribution in [0.3, 0.4) is 0 Å². The van der Waals surface area contributed by atoms with Crippen molar-refractivity contribution in [2.24, 2.45) is 5.92 Å². The van der Waals surface area contributed by atoms with Crippen LogP contribution in [0, 0.1) is 12.8 Å². The Kier molecular flexibility index (Phi) is 4.80. The monoisotopic (exact) mass is 366 g/mol. The molecule has 1 aromatic heterocycles. The van der Waals surface area contributed by atoms with Crippen LogP contribution in [0.2, 0.25) is 5.02 Å².